The minimum atomic E-state index is -0.272. The molecular formula is C15H18FN3O. The molecule has 0 unspecified atom stereocenters. The van der Waals surface area contributed by atoms with E-state index in [1.54, 1.807) is 18.2 Å². The second-order valence-electron chi connectivity index (χ2n) is 4.27. The molecule has 4 nitrogen and oxygen atoms in total. The smallest absolute Gasteiger partial charge is 0.222 e. The summed E-state index contributed by atoms with van der Waals surface area (Å²) in [7, 11) is 0. The Hall–Kier alpha value is -2.17. The van der Waals surface area contributed by atoms with Crippen LogP contribution in [0.1, 0.15) is 25.0 Å². The van der Waals surface area contributed by atoms with Crippen LogP contribution in [-0.2, 0) is 13.0 Å². The Morgan fingerprint density at radius 2 is 2.00 bits per heavy atom. The lowest BCUT2D eigenvalue weighted by Crippen LogP contribution is -2.08. The molecule has 1 N–H and O–H groups in total. The standard InChI is InChI=1S/C15H18FN3O/c1-3-12-14(17-4-2)18-10-19-15(12)20-9-11-7-5-6-8-13(11)16/h5-8,10H,3-4,9H2,1-2H3,(H,17,18,19). The maximum absolute atomic E-state index is 13.5. The summed E-state index contributed by atoms with van der Waals surface area (Å²) >= 11 is 0. The minimum absolute atomic E-state index is 0.155. The molecule has 20 heavy (non-hydrogen) atoms. The normalized spacial score (nSPS) is 10.3. The first-order valence-corrected chi connectivity index (χ1v) is 6.70. The summed E-state index contributed by atoms with van der Waals surface area (Å²) in [5.74, 6) is 1.00. The third-order valence-electron chi connectivity index (χ3n) is 2.93. The molecule has 1 aromatic heterocycles. The topological polar surface area (TPSA) is 47.0 Å². The molecule has 5 heteroatoms. The number of nitrogens with zero attached hydrogens (tertiary/aromatic N) is 2. The lowest BCUT2D eigenvalue weighted by molar-refractivity contribution is 0.284. The van der Waals surface area contributed by atoms with Gasteiger partial charge in [-0.3, -0.25) is 0 Å². The highest BCUT2D eigenvalue weighted by atomic mass is 19.1. The van der Waals surface area contributed by atoms with Crippen molar-refractivity contribution in [1.82, 2.24) is 9.97 Å². The summed E-state index contributed by atoms with van der Waals surface area (Å²) in [6, 6.07) is 6.56. The van der Waals surface area contributed by atoms with Crippen LogP contribution in [0, 0.1) is 5.82 Å². The second kappa shape index (κ2) is 6.84. The zero-order valence-corrected chi connectivity index (χ0v) is 11.7. The van der Waals surface area contributed by atoms with Gasteiger partial charge < -0.3 is 10.1 Å². The molecule has 1 aromatic carbocycles. The maximum atomic E-state index is 13.5. The zero-order valence-electron chi connectivity index (χ0n) is 11.7. The fourth-order valence-corrected chi connectivity index (χ4v) is 1.92. The van der Waals surface area contributed by atoms with E-state index in [1.165, 1.54) is 12.4 Å². The molecular weight excluding hydrogens is 257 g/mol. The Morgan fingerprint density at radius 3 is 2.70 bits per heavy atom. The summed E-state index contributed by atoms with van der Waals surface area (Å²) in [4.78, 5) is 8.34. The highest BCUT2D eigenvalue weighted by Crippen LogP contribution is 2.23. The SMILES string of the molecule is CCNc1ncnc(OCc2ccccc2F)c1CC. The van der Waals surface area contributed by atoms with Crippen molar-refractivity contribution in [1.29, 1.82) is 0 Å². The molecule has 0 aliphatic heterocycles. The molecule has 0 aliphatic rings. The van der Waals surface area contributed by atoms with Gasteiger partial charge in [0.05, 0.1) is 5.56 Å². The summed E-state index contributed by atoms with van der Waals surface area (Å²) in [5, 5.41) is 3.17. The van der Waals surface area contributed by atoms with Crippen molar-refractivity contribution >= 4 is 5.82 Å². The number of halogens is 1. The van der Waals surface area contributed by atoms with Crippen LogP contribution in [0.25, 0.3) is 0 Å². The lowest BCUT2D eigenvalue weighted by atomic mass is 10.2. The van der Waals surface area contributed by atoms with Gasteiger partial charge in [-0.25, -0.2) is 14.4 Å². The Morgan fingerprint density at radius 1 is 1.20 bits per heavy atom. The van der Waals surface area contributed by atoms with E-state index in [0.29, 0.717) is 11.4 Å². The molecule has 1 heterocycles. The van der Waals surface area contributed by atoms with Crippen LogP contribution in [0.15, 0.2) is 30.6 Å². The summed E-state index contributed by atoms with van der Waals surface area (Å²) in [6.45, 7) is 4.94. The van der Waals surface area contributed by atoms with Gasteiger partial charge in [0.25, 0.3) is 0 Å². The number of hydrogen-bond donors (Lipinski definition) is 1. The molecule has 0 saturated carbocycles. The third-order valence-corrected chi connectivity index (χ3v) is 2.93. The van der Waals surface area contributed by atoms with Gasteiger partial charge in [-0.05, 0) is 19.4 Å². The van der Waals surface area contributed by atoms with E-state index in [-0.39, 0.29) is 12.4 Å². The van der Waals surface area contributed by atoms with E-state index < -0.39 is 0 Å². The number of benzene rings is 1. The van der Waals surface area contributed by atoms with Gasteiger partial charge in [0.2, 0.25) is 5.88 Å². The van der Waals surface area contributed by atoms with Crippen molar-refractivity contribution < 1.29 is 9.13 Å². The molecule has 0 spiro atoms. The fraction of sp³-hybridized carbons (Fsp3) is 0.333. The first-order valence-electron chi connectivity index (χ1n) is 6.70. The zero-order chi connectivity index (χ0) is 14.4. The molecule has 0 aliphatic carbocycles. The first kappa shape index (κ1) is 14.2. The number of anilines is 1. The van der Waals surface area contributed by atoms with Gasteiger partial charge in [0.15, 0.2) is 0 Å². The number of aromatic nitrogens is 2. The van der Waals surface area contributed by atoms with E-state index in [0.717, 1.165) is 24.3 Å². The van der Waals surface area contributed by atoms with Gasteiger partial charge in [-0.1, -0.05) is 25.1 Å². The largest absolute Gasteiger partial charge is 0.472 e. The van der Waals surface area contributed by atoms with Crippen LogP contribution in [0.3, 0.4) is 0 Å². The van der Waals surface area contributed by atoms with Crippen LogP contribution < -0.4 is 10.1 Å². The number of hydrogen-bond acceptors (Lipinski definition) is 4. The van der Waals surface area contributed by atoms with Crippen LogP contribution in [-0.4, -0.2) is 16.5 Å². The average Bonchev–Trinajstić information content (AvgIpc) is 2.47. The molecule has 2 rings (SSSR count). The van der Waals surface area contributed by atoms with Gasteiger partial charge in [-0.15, -0.1) is 0 Å². The van der Waals surface area contributed by atoms with Crippen LogP contribution in [0.2, 0.25) is 0 Å². The van der Waals surface area contributed by atoms with Crippen molar-refractivity contribution in [3.05, 3.63) is 47.5 Å². The van der Waals surface area contributed by atoms with Crippen molar-refractivity contribution in [3.63, 3.8) is 0 Å². The summed E-state index contributed by atoms with van der Waals surface area (Å²) < 4.78 is 19.2. The summed E-state index contributed by atoms with van der Waals surface area (Å²) in [5.41, 5.74) is 1.42. The predicted molar refractivity (Wildman–Crippen MR) is 76.3 cm³/mol. The lowest BCUT2D eigenvalue weighted by Gasteiger charge is -2.13. The van der Waals surface area contributed by atoms with E-state index in [9.17, 15) is 4.39 Å². The van der Waals surface area contributed by atoms with E-state index in [2.05, 4.69) is 15.3 Å². The van der Waals surface area contributed by atoms with Crippen molar-refractivity contribution in [2.45, 2.75) is 26.9 Å². The van der Waals surface area contributed by atoms with E-state index in [4.69, 9.17) is 4.74 Å². The van der Waals surface area contributed by atoms with Gasteiger partial charge in [-0.2, -0.15) is 0 Å². The Bertz CT molecular complexity index is 575. The molecule has 2 aromatic rings. The van der Waals surface area contributed by atoms with Crippen molar-refractivity contribution in [2.24, 2.45) is 0 Å². The highest BCUT2D eigenvalue weighted by molar-refractivity contribution is 5.48. The van der Waals surface area contributed by atoms with Crippen LogP contribution >= 0.6 is 0 Å². The molecule has 0 fully saturated rings. The van der Waals surface area contributed by atoms with Crippen molar-refractivity contribution in [2.75, 3.05) is 11.9 Å². The second-order valence-corrected chi connectivity index (χ2v) is 4.27. The van der Waals surface area contributed by atoms with Crippen LogP contribution in [0.4, 0.5) is 10.2 Å². The molecule has 0 radical (unpaired) electrons. The first-order chi connectivity index (χ1) is 9.76. The minimum Gasteiger partial charge on any atom is -0.472 e. The fourth-order valence-electron chi connectivity index (χ4n) is 1.92. The molecule has 0 atom stereocenters. The van der Waals surface area contributed by atoms with Crippen molar-refractivity contribution in [3.8, 4) is 5.88 Å². The molecule has 0 bridgehead atoms. The van der Waals surface area contributed by atoms with E-state index in [1.807, 2.05) is 13.8 Å². The van der Waals surface area contributed by atoms with E-state index >= 15 is 0 Å². The Balaban J connectivity index is 2.17. The Labute approximate surface area is 118 Å². The number of nitrogens with one attached hydrogen (secondary N) is 1. The molecule has 106 valence electrons. The third kappa shape index (κ3) is 3.23. The summed E-state index contributed by atoms with van der Waals surface area (Å²) in [6.07, 6.45) is 2.20. The molecule has 0 saturated heterocycles. The highest BCUT2D eigenvalue weighted by Gasteiger charge is 2.11. The van der Waals surface area contributed by atoms with Gasteiger partial charge in [0.1, 0.15) is 24.6 Å². The predicted octanol–water partition coefficient (Wildman–Crippen LogP) is 3.19. The van der Waals surface area contributed by atoms with Crippen LogP contribution in [0.5, 0.6) is 5.88 Å². The monoisotopic (exact) mass is 275 g/mol. The quantitative estimate of drug-likeness (QED) is 0.879. The van der Waals surface area contributed by atoms with Gasteiger partial charge in [0, 0.05) is 12.1 Å². The Kier molecular flexibility index (Phi) is 4.87. The number of rotatable bonds is 6. The number of ether oxygens (including phenoxy) is 1. The molecule has 0 amide bonds. The van der Waals surface area contributed by atoms with Gasteiger partial charge >= 0.3 is 0 Å². The average molecular weight is 275 g/mol. The maximum Gasteiger partial charge on any atom is 0.222 e.